The fourth-order valence-corrected chi connectivity index (χ4v) is 5.80. The zero-order valence-corrected chi connectivity index (χ0v) is 34.2. The van der Waals surface area contributed by atoms with Crippen molar-refractivity contribution in [3.8, 4) is 11.5 Å². The largest absolute Gasteiger partial charge is 3.00 e. The zero-order valence-electron chi connectivity index (χ0n) is 30.0. The minimum atomic E-state index is -3.79. The number of hydrogen-bond donors (Lipinski definition) is 3. The van der Waals surface area contributed by atoms with Crippen LogP contribution in [0, 0.1) is 0 Å². The molecule has 0 amide bonds. The van der Waals surface area contributed by atoms with Gasteiger partial charge in [-0.3, -0.25) is 5.43 Å². The molecule has 0 saturated carbocycles. The SMILES string of the molecule is NS(=O)(=O)c1ccc(N=NC(=N[N-]c2cc(Cl)ccc2[O-])c2ccccc2)cc1.NS(=O)(=O)c1ccc(NN=C(N=Nc2cc(Cl)ccc2[O-])c2ccccc2)cc1.[Co+3]. The maximum atomic E-state index is 11.9. The molecule has 0 bridgehead atoms. The molecule has 6 aromatic carbocycles. The van der Waals surface area contributed by atoms with Crippen molar-refractivity contribution >= 4 is 77.7 Å². The van der Waals surface area contributed by atoms with E-state index < -0.39 is 20.0 Å². The first-order valence-corrected chi connectivity index (χ1v) is 20.3. The van der Waals surface area contributed by atoms with Gasteiger partial charge in [0.15, 0.2) is 5.84 Å². The van der Waals surface area contributed by atoms with Crippen LogP contribution < -0.4 is 25.9 Å². The molecule has 59 heavy (non-hydrogen) atoms. The number of primary sulfonamides is 2. The molecule has 0 fully saturated rings. The van der Waals surface area contributed by atoms with E-state index in [1.54, 1.807) is 48.5 Å². The molecule has 6 aromatic rings. The van der Waals surface area contributed by atoms with Gasteiger partial charge in [-0.05, 0) is 66.7 Å². The number of nitrogens with two attached hydrogens (primary N) is 2. The average Bonchev–Trinajstić information content (AvgIpc) is 3.21. The van der Waals surface area contributed by atoms with E-state index in [2.05, 4.69) is 41.5 Å². The van der Waals surface area contributed by atoms with Crippen LogP contribution in [-0.4, -0.2) is 28.5 Å². The molecule has 21 heteroatoms. The molecule has 16 nitrogen and oxygen atoms in total. The standard InChI is InChI=1S/C19H16ClN5O3S.C19H15ClN5O3S.Co/c2*20-14-6-11-18(26)17(12-14)23-25-19(13-4-2-1-3-5-13)24-22-15-7-9-16(10-8-15)29(21,27)28;/h1-12,22,26H,(H2,21,27,28);1-12H,(H3-,21,22,23,24,25,26,27,28);/q;-1;+3/p-2. The normalized spacial score (nSPS) is 12.1. The van der Waals surface area contributed by atoms with Gasteiger partial charge in [0.25, 0.3) is 0 Å². The fourth-order valence-electron chi connectivity index (χ4n) is 4.44. The van der Waals surface area contributed by atoms with Crippen LogP contribution in [0.5, 0.6) is 11.5 Å². The molecular formula is C38H29Cl2CoN10O6S2. The minimum Gasteiger partial charge on any atom is -0.873 e. The molecular weight excluding hydrogens is 886 g/mol. The van der Waals surface area contributed by atoms with Crippen LogP contribution >= 0.6 is 23.2 Å². The van der Waals surface area contributed by atoms with Gasteiger partial charge in [-0.15, -0.1) is 31.9 Å². The monoisotopic (exact) mass is 914 g/mol. The number of hydrazone groups is 1. The summed E-state index contributed by atoms with van der Waals surface area (Å²) in [5, 5.41) is 59.1. The van der Waals surface area contributed by atoms with Crippen LogP contribution in [-0.2, 0) is 36.8 Å². The summed E-state index contributed by atoms with van der Waals surface area (Å²) in [6.07, 6.45) is 0. The number of benzene rings is 6. The van der Waals surface area contributed by atoms with Crippen LogP contribution in [0.2, 0.25) is 10.0 Å². The molecule has 0 radical (unpaired) electrons. The number of amidine groups is 2. The second-order valence-corrected chi connectivity index (χ2v) is 15.5. The van der Waals surface area contributed by atoms with Crippen LogP contribution in [0.3, 0.4) is 0 Å². The predicted molar refractivity (Wildman–Crippen MR) is 219 cm³/mol. The van der Waals surface area contributed by atoms with Crippen molar-refractivity contribution in [1.29, 1.82) is 0 Å². The number of nitrogens with one attached hydrogen (secondary N) is 1. The van der Waals surface area contributed by atoms with E-state index in [9.17, 15) is 27.0 Å². The van der Waals surface area contributed by atoms with E-state index in [-0.39, 0.29) is 61.1 Å². The Labute approximate surface area is 359 Å². The Bertz CT molecular complexity index is 2680. The van der Waals surface area contributed by atoms with Gasteiger partial charge in [0, 0.05) is 21.2 Å². The average molecular weight is 916 g/mol. The molecule has 0 saturated heterocycles. The number of sulfonamides is 2. The molecule has 0 atom stereocenters. The molecule has 0 unspecified atom stereocenters. The third-order valence-corrected chi connectivity index (χ3v) is 9.64. The van der Waals surface area contributed by atoms with Crippen molar-refractivity contribution in [2.24, 2.45) is 40.9 Å². The first kappa shape index (κ1) is 45.7. The number of rotatable bonds is 10. The molecule has 302 valence electrons. The van der Waals surface area contributed by atoms with Crippen molar-refractivity contribution < 1.29 is 43.8 Å². The number of hydrogen-bond acceptors (Lipinski definition) is 11. The summed E-state index contributed by atoms with van der Waals surface area (Å²) in [4.78, 5) is -0.0498. The van der Waals surface area contributed by atoms with Gasteiger partial charge in [0.1, 0.15) is 0 Å². The van der Waals surface area contributed by atoms with Gasteiger partial charge < -0.3 is 20.7 Å². The molecule has 0 aliphatic carbocycles. The second kappa shape index (κ2) is 21.1. The fraction of sp³-hybridized carbons (Fsp3) is 0. The first-order valence-electron chi connectivity index (χ1n) is 16.4. The van der Waals surface area contributed by atoms with Gasteiger partial charge >= 0.3 is 16.8 Å². The maximum Gasteiger partial charge on any atom is 3.00 e. The van der Waals surface area contributed by atoms with Crippen LogP contribution in [0.1, 0.15) is 11.1 Å². The Morgan fingerprint density at radius 3 is 1.64 bits per heavy atom. The predicted octanol–water partition coefficient (Wildman–Crippen LogP) is 7.83. The maximum absolute atomic E-state index is 11.9. The van der Waals surface area contributed by atoms with Gasteiger partial charge in [0.05, 0.1) is 26.9 Å². The second-order valence-electron chi connectivity index (χ2n) is 11.5. The topological polar surface area (TPSA) is 267 Å². The third kappa shape index (κ3) is 14.1. The summed E-state index contributed by atoms with van der Waals surface area (Å²) < 4.78 is 45.3. The third-order valence-electron chi connectivity index (χ3n) is 7.31. The van der Waals surface area contributed by atoms with Crippen LogP contribution in [0.15, 0.2) is 186 Å². The molecule has 0 aliphatic rings. The Balaban J connectivity index is 0.000000256. The first-order chi connectivity index (χ1) is 27.7. The number of nitrogens with zero attached hydrogens (tertiary/aromatic N) is 7. The van der Waals surface area contributed by atoms with Gasteiger partial charge in [0.2, 0.25) is 25.9 Å². The van der Waals surface area contributed by atoms with Crippen molar-refractivity contribution in [3.05, 3.63) is 172 Å². The van der Waals surface area contributed by atoms with E-state index in [1.807, 2.05) is 12.1 Å². The van der Waals surface area contributed by atoms with Crippen LogP contribution in [0.4, 0.5) is 22.7 Å². The number of anilines is 1. The minimum absolute atomic E-state index is 0. The smallest absolute Gasteiger partial charge is 0.873 e. The van der Waals surface area contributed by atoms with Crippen LogP contribution in [0.25, 0.3) is 5.43 Å². The molecule has 0 heterocycles. The van der Waals surface area contributed by atoms with Gasteiger partial charge in [-0.1, -0.05) is 108 Å². The van der Waals surface area contributed by atoms with Crippen molar-refractivity contribution in [2.75, 3.05) is 5.43 Å². The van der Waals surface area contributed by atoms with Gasteiger partial charge in [-0.2, -0.15) is 5.10 Å². The molecule has 0 aromatic heterocycles. The quantitative estimate of drug-likeness (QED) is 0.0530. The molecule has 0 aliphatic heterocycles. The number of azo groups is 2. The summed E-state index contributed by atoms with van der Waals surface area (Å²) in [7, 11) is -7.57. The zero-order chi connectivity index (χ0) is 41.7. The molecule has 6 rings (SSSR count). The van der Waals surface area contributed by atoms with E-state index in [0.29, 0.717) is 32.5 Å². The Morgan fingerprint density at radius 2 is 1.08 bits per heavy atom. The van der Waals surface area contributed by atoms with E-state index in [1.165, 1.54) is 84.9 Å². The van der Waals surface area contributed by atoms with E-state index in [0.717, 1.165) is 0 Å². The Hall–Kier alpha value is -6.03. The van der Waals surface area contributed by atoms with Gasteiger partial charge in [-0.25, -0.2) is 27.1 Å². The summed E-state index contributed by atoms with van der Waals surface area (Å²) in [5.74, 6) is -0.292. The van der Waals surface area contributed by atoms with E-state index >= 15 is 0 Å². The van der Waals surface area contributed by atoms with Crippen molar-refractivity contribution in [1.82, 2.24) is 0 Å². The van der Waals surface area contributed by atoms with Crippen molar-refractivity contribution in [3.63, 3.8) is 0 Å². The molecule has 0 spiro atoms. The number of halogens is 2. The summed E-state index contributed by atoms with van der Waals surface area (Å²) in [6, 6.07) is 37.6. The van der Waals surface area contributed by atoms with E-state index in [4.69, 9.17) is 33.5 Å². The molecule has 5 N–H and O–H groups in total. The Morgan fingerprint density at radius 1 is 0.593 bits per heavy atom. The summed E-state index contributed by atoms with van der Waals surface area (Å²) >= 11 is 11.8. The Kier molecular flexibility index (Phi) is 16.3. The summed E-state index contributed by atoms with van der Waals surface area (Å²) in [5.41, 5.74) is 9.04. The van der Waals surface area contributed by atoms with Crippen molar-refractivity contribution in [2.45, 2.75) is 9.79 Å². The summed E-state index contributed by atoms with van der Waals surface area (Å²) in [6.45, 7) is 0.